The average molecular weight is 636 g/mol. The predicted molar refractivity (Wildman–Crippen MR) is 201 cm³/mol. The number of benzene rings is 5. The zero-order valence-corrected chi connectivity index (χ0v) is 27.3. The second kappa shape index (κ2) is 11.3. The lowest BCUT2D eigenvalue weighted by Crippen LogP contribution is -2.74. The van der Waals surface area contributed by atoms with Crippen molar-refractivity contribution >= 4 is 72.9 Å². The van der Waals surface area contributed by atoms with Gasteiger partial charge in [0.2, 0.25) is 0 Å². The Bertz CT molecular complexity index is 2420. The third-order valence-corrected chi connectivity index (χ3v) is 14.8. The van der Waals surface area contributed by atoms with Gasteiger partial charge in [-0.15, -0.1) is 11.3 Å². The topological polar surface area (TPSA) is 30.7 Å². The summed E-state index contributed by atoms with van der Waals surface area (Å²) in [7, 11) is -2.66. The minimum Gasteiger partial charge on any atom is -0.277 e. The van der Waals surface area contributed by atoms with Crippen molar-refractivity contribution in [2.24, 2.45) is 0 Å². The van der Waals surface area contributed by atoms with E-state index in [1.807, 2.05) is 6.20 Å². The van der Waals surface area contributed by atoms with Gasteiger partial charge in [0.25, 0.3) is 0 Å². The molecule has 0 bridgehead atoms. The molecule has 0 amide bonds. The number of nitrogens with zero attached hydrogens (tertiary/aromatic N) is 3. The van der Waals surface area contributed by atoms with Crippen molar-refractivity contribution in [3.8, 4) is 17.1 Å². The van der Waals surface area contributed by atoms with Gasteiger partial charge in [-0.3, -0.25) is 4.57 Å². The molecule has 0 spiro atoms. The van der Waals surface area contributed by atoms with E-state index >= 15 is 0 Å². The van der Waals surface area contributed by atoms with Crippen LogP contribution in [0.25, 0.3) is 49.8 Å². The third-order valence-electron chi connectivity index (χ3n) is 9.32. The summed E-state index contributed by atoms with van der Waals surface area (Å²) in [6.45, 7) is 0. The summed E-state index contributed by atoms with van der Waals surface area (Å²) in [5.74, 6) is 0.867. The Labute approximate surface area is 278 Å². The number of hydrogen-bond acceptors (Lipinski definition) is 3. The molecule has 0 aliphatic carbocycles. The zero-order chi connectivity index (χ0) is 31.2. The maximum absolute atomic E-state index is 5.33. The molecule has 0 aliphatic rings. The van der Waals surface area contributed by atoms with E-state index in [0.29, 0.717) is 0 Å². The van der Waals surface area contributed by atoms with Crippen molar-refractivity contribution in [3.63, 3.8) is 0 Å². The molecular formula is C42H29N3SSi. The first-order valence-corrected chi connectivity index (χ1v) is 18.8. The van der Waals surface area contributed by atoms with Crippen molar-refractivity contribution in [3.05, 3.63) is 175 Å². The van der Waals surface area contributed by atoms with Crippen molar-refractivity contribution < 1.29 is 0 Å². The summed E-state index contributed by atoms with van der Waals surface area (Å²) >= 11 is 1.72. The fourth-order valence-corrected chi connectivity index (χ4v) is 12.9. The second-order valence-electron chi connectivity index (χ2n) is 11.9. The van der Waals surface area contributed by atoms with Gasteiger partial charge in [-0.2, -0.15) is 0 Å². The van der Waals surface area contributed by atoms with Gasteiger partial charge < -0.3 is 0 Å². The Morgan fingerprint density at radius 3 is 1.85 bits per heavy atom. The SMILES string of the molecule is c1ccc([Si](c2ccccc2)(c2ccccc2)c2cccc(-c3cccc(-n4c5cscc5c5c6ccccc6cnc54)n3)c2)cc1. The molecule has 0 unspecified atom stereocenters. The molecule has 3 nitrogen and oxygen atoms in total. The summed E-state index contributed by atoms with van der Waals surface area (Å²) in [4.78, 5) is 10.3. The van der Waals surface area contributed by atoms with Crippen LogP contribution >= 0.6 is 11.3 Å². The molecule has 0 N–H and O–H groups in total. The third kappa shape index (κ3) is 4.39. The first kappa shape index (κ1) is 27.7. The van der Waals surface area contributed by atoms with Crippen LogP contribution in [0.4, 0.5) is 0 Å². The van der Waals surface area contributed by atoms with Gasteiger partial charge in [-0.25, -0.2) is 9.97 Å². The number of thiophene rings is 1. The fraction of sp³-hybridized carbons (Fsp3) is 0. The van der Waals surface area contributed by atoms with Crippen LogP contribution in [0.3, 0.4) is 0 Å². The number of fused-ring (bicyclic) bond motifs is 5. The molecule has 0 saturated heterocycles. The van der Waals surface area contributed by atoms with Crippen LogP contribution in [-0.2, 0) is 0 Å². The molecule has 47 heavy (non-hydrogen) atoms. The lowest BCUT2D eigenvalue weighted by Gasteiger charge is -2.34. The lowest BCUT2D eigenvalue weighted by atomic mass is 10.1. The molecule has 222 valence electrons. The Morgan fingerprint density at radius 1 is 0.532 bits per heavy atom. The number of aromatic nitrogens is 3. The van der Waals surface area contributed by atoms with Gasteiger partial charge in [0.1, 0.15) is 11.5 Å². The standard InChI is InChI=1S/C42H29N3SSi/c1-4-16-32(17-5-1)47(33-18-6-2-7-19-33,34-20-8-3-9-21-34)35-22-12-15-30(26-35)38-24-13-25-40(44-38)45-39-29-46-28-37(39)41-36-23-11-10-14-31(36)27-43-42(41)45/h1-29H. The zero-order valence-electron chi connectivity index (χ0n) is 25.5. The molecule has 5 aromatic carbocycles. The van der Waals surface area contributed by atoms with Gasteiger partial charge in [0.05, 0.1) is 11.2 Å². The Balaban J connectivity index is 1.25. The van der Waals surface area contributed by atoms with Gasteiger partial charge in [0, 0.05) is 38.7 Å². The van der Waals surface area contributed by atoms with Crippen molar-refractivity contribution in [1.82, 2.24) is 14.5 Å². The van der Waals surface area contributed by atoms with Gasteiger partial charge in [-0.05, 0) is 38.3 Å². The molecule has 0 fully saturated rings. The van der Waals surface area contributed by atoms with Gasteiger partial charge >= 0.3 is 0 Å². The highest BCUT2D eigenvalue weighted by molar-refractivity contribution is 7.19. The molecule has 0 atom stereocenters. The summed E-state index contributed by atoms with van der Waals surface area (Å²) in [6, 6.07) is 57.1. The monoisotopic (exact) mass is 635 g/mol. The van der Waals surface area contributed by atoms with E-state index in [1.54, 1.807) is 11.3 Å². The first-order valence-electron chi connectivity index (χ1n) is 15.8. The molecule has 9 aromatic rings. The smallest absolute Gasteiger partial charge is 0.179 e. The summed E-state index contributed by atoms with van der Waals surface area (Å²) in [5.41, 5.74) is 4.10. The summed E-state index contributed by atoms with van der Waals surface area (Å²) < 4.78 is 2.22. The maximum Gasteiger partial charge on any atom is 0.179 e. The van der Waals surface area contributed by atoms with Crippen LogP contribution in [-0.4, -0.2) is 22.6 Å². The average Bonchev–Trinajstić information content (AvgIpc) is 3.75. The van der Waals surface area contributed by atoms with Crippen LogP contribution in [0.5, 0.6) is 0 Å². The van der Waals surface area contributed by atoms with E-state index < -0.39 is 8.07 Å². The van der Waals surface area contributed by atoms with Crippen molar-refractivity contribution in [2.45, 2.75) is 0 Å². The minimum absolute atomic E-state index is 0.867. The van der Waals surface area contributed by atoms with E-state index in [0.717, 1.165) is 33.6 Å². The van der Waals surface area contributed by atoms with Crippen LogP contribution in [0.1, 0.15) is 0 Å². The van der Waals surface area contributed by atoms with Crippen LogP contribution in [0.2, 0.25) is 0 Å². The molecular weight excluding hydrogens is 607 g/mol. The van der Waals surface area contributed by atoms with E-state index in [1.165, 1.54) is 36.9 Å². The van der Waals surface area contributed by atoms with Crippen LogP contribution in [0, 0.1) is 0 Å². The van der Waals surface area contributed by atoms with E-state index in [2.05, 4.69) is 173 Å². The lowest BCUT2D eigenvalue weighted by molar-refractivity contribution is 1.06. The van der Waals surface area contributed by atoms with Gasteiger partial charge in [-0.1, -0.05) is 146 Å². The number of rotatable bonds is 6. The highest BCUT2D eigenvalue weighted by Gasteiger charge is 2.41. The second-order valence-corrected chi connectivity index (χ2v) is 16.4. The van der Waals surface area contributed by atoms with Crippen LogP contribution < -0.4 is 20.7 Å². The molecule has 0 saturated carbocycles. The fourth-order valence-electron chi connectivity index (χ4n) is 7.27. The minimum atomic E-state index is -2.66. The Hall–Kier alpha value is -5.62. The highest BCUT2D eigenvalue weighted by atomic mass is 32.1. The molecule has 5 heteroatoms. The molecule has 4 heterocycles. The van der Waals surface area contributed by atoms with Crippen molar-refractivity contribution in [1.29, 1.82) is 0 Å². The highest BCUT2D eigenvalue weighted by Crippen LogP contribution is 2.37. The summed E-state index contributed by atoms with van der Waals surface area (Å²) in [6.07, 6.45) is 1.98. The predicted octanol–water partition coefficient (Wildman–Crippen LogP) is 7.83. The first-order chi connectivity index (χ1) is 23.3. The van der Waals surface area contributed by atoms with E-state index in [9.17, 15) is 0 Å². The van der Waals surface area contributed by atoms with Crippen molar-refractivity contribution in [2.75, 3.05) is 0 Å². The summed E-state index contributed by atoms with van der Waals surface area (Å²) in [5, 5.41) is 14.6. The van der Waals surface area contributed by atoms with E-state index in [-0.39, 0.29) is 0 Å². The largest absolute Gasteiger partial charge is 0.277 e. The quantitative estimate of drug-likeness (QED) is 0.138. The Kier molecular flexibility index (Phi) is 6.66. The number of hydrogen-bond donors (Lipinski definition) is 0. The molecule has 0 aliphatic heterocycles. The maximum atomic E-state index is 5.33. The molecule has 0 radical (unpaired) electrons. The number of pyridine rings is 2. The normalized spacial score (nSPS) is 11.8. The van der Waals surface area contributed by atoms with E-state index in [4.69, 9.17) is 9.97 Å². The van der Waals surface area contributed by atoms with Gasteiger partial charge in [0.15, 0.2) is 8.07 Å². The van der Waals surface area contributed by atoms with Crippen LogP contribution in [0.15, 0.2) is 175 Å². The Morgan fingerprint density at radius 2 is 1.15 bits per heavy atom. The molecule has 9 rings (SSSR count). The molecule has 4 aromatic heterocycles.